The summed E-state index contributed by atoms with van der Waals surface area (Å²) in [4.78, 5) is 23.6. The largest absolute Gasteiger partial charge is 0.475 e. The van der Waals surface area contributed by atoms with Gasteiger partial charge in [-0.25, -0.2) is 4.79 Å². The molecule has 0 rings (SSSR count). The van der Waals surface area contributed by atoms with Gasteiger partial charge in [0.2, 0.25) is 5.91 Å². The maximum atomic E-state index is 12.1. The van der Waals surface area contributed by atoms with Crippen molar-refractivity contribution < 1.29 is 19.2 Å². The zero-order valence-electron chi connectivity index (χ0n) is 17.2. The molecule has 25 heavy (non-hydrogen) atoms. The van der Waals surface area contributed by atoms with Gasteiger partial charge in [0.15, 0.2) is 0 Å². The van der Waals surface area contributed by atoms with Crippen LogP contribution < -0.4 is 5.32 Å². The standard InChI is InChI=1S/C20H40N2O3/c1-6-7-8-9-10-11-12-13-14-15-16-17-18(23)21-20(2,19(24)25)22(3,4)5/h6-17H2,1-5H3,(H-,21,23,24,25)/p+1. The highest BCUT2D eigenvalue weighted by atomic mass is 16.4. The summed E-state index contributed by atoms with van der Waals surface area (Å²) < 4.78 is 0.145. The molecule has 0 saturated heterocycles. The highest BCUT2D eigenvalue weighted by Crippen LogP contribution is 2.16. The number of carbonyl (C=O) groups excluding carboxylic acids is 1. The number of hydrogen-bond acceptors (Lipinski definition) is 2. The quantitative estimate of drug-likeness (QED) is 0.261. The van der Waals surface area contributed by atoms with Gasteiger partial charge in [0.05, 0.1) is 21.1 Å². The topological polar surface area (TPSA) is 66.4 Å². The summed E-state index contributed by atoms with van der Waals surface area (Å²) in [7, 11) is 5.32. The van der Waals surface area contributed by atoms with E-state index in [4.69, 9.17) is 0 Å². The van der Waals surface area contributed by atoms with E-state index in [1.807, 2.05) is 0 Å². The van der Waals surface area contributed by atoms with Crippen LogP contribution >= 0.6 is 0 Å². The van der Waals surface area contributed by atoms with Gasteiger partial charge in [-0.3, -0.25) is 14.6 Å². The van der Waals surface area contributed by atoms with Crippen LogP contribution in [0.25, 0.3) is 0 Å². The van der Waals surface area contributed by atoms with Crippen molar-refractivity contribution in [1.82, 2.24) is 5.32 Å². The maximum absolute atomic E-state index is 12.1. The second-order valence-electron chi connectivity index (χ2n) is 8.22. The van der Waals surface area contributed by atoms with Crippen LogP contribution in [0.4, 0.5) is 0 Å². The van der Waals surface area contributed by atoms with Crippen LogP contribution in [0, 0.1) is 0 Å². The lowest BCUT2D eigenvalue weighted by atomic mass is 10.0. The van der Waals surface area contributed by atoms with Crippen LogP contribution in [0.1, 0.15) is 90.9 Å². The van der Waals surface area contributed by atoms with E-state index in [1.54, 1.807) is 28.1 Å². The number of quaternary nitrogens is 1. The molecule has 5 nitrogen and oxygen atoms in total. The first kappa shape index (κ1) is 23.9. The third-order valence-corrected chi connectivity index (χ3v) is 5.15. The summed E-state index contributed by atoms with van der Waals surface area (Å²) in [5, 5.41) is 12.1. The average Bonchev–Trinajstić information content (AvgIpc) is 2.51. The number of likely N-dealkylation sites (N-methyl/N-ethyl adjacent to an activating group) is 1. The fraction of sp³-hybridized carbons (Fsp3) is 0.900. The van der Waals surface area contributed by atoms with Crippen molar-refractivity contribution in [2.24, 2.45) is 0 Å². The minimum atomic E-state index is -1.30. The van der Waals surface area contributed by atoms with E-state index < -0.39 is 11.6 Å². The molecule has 0 heterocycles. The Bertz CT molecular complexity index is 391. The maximum Gasteiger partial charge on any atom is 0.388 e. The van der Waals surface area contributed by atoms with Crippen molar-refractivity contribution >= 4 is 11.9 Å². The third kappa shape index (κ3) is 9.83. The Labute approximate surface area is 154 Å². The number of unbranched alkanes of at least 4 members (excludes halogenated alkanes) is 10. The Morgan fingerprint density at radius 2 is 1.24 bits per heavy atom. The minimum absolute atomic E-state index is 0.145. The molecular weight excluding hydrogens is 316 g/mol. The Kier molecular flexibility index (Phi) is 11.7. The second kappa shape index (κ2) is 12.3. The van der Waals surface area contributed by atoms with Gasteiger partial charge < -0.3 is 5.11 Å². The van der Waals surface area contributed by atoms with Gasteiger partial charge in [0.1, 0.15) is 0 Å². The van der Waals surface area contributed by atoms with Crippen molar-refractivity contribution in [3.05, 3.63) is 0 Å². The Balaban J connectivity index is 3.79. The third-order valence-electron chi connectivity index (χ3n) is 5.15. The molecule has 0 radical (unpaired) electrons. The SMILES string of the molecule is CCCCCCCCCCCCCC(=O)NC(C)(C(=O)O)[N+](C)(C)C. The zero-order valence-corrected chi connectivity index (χ0v) is 17.2. The van der Waals surface area contributed by atoms with Gasteiger partial charge in [-0.15, -0.1) is 0 Å². The van der Waals surface area contributed by atoms with Crippen LogP contribution in [0.2, 0.25) is 0 Å². The van der Waals surface area contributed by atoms with Crippen LogP contribution in [0.15, 0.2) is 0 Å². The summed E-state index contributed by atoms with van der Waals surface area (Å²) >= 11 is 0. The molecule has 0 aromatic carbocycles. The molecular formula is C20H41N2O3+. The summed E-state index contributed by atoms with van der Waals surface area (Å²) in [5.74, 6) is -1.18. The molecule has 1 unspecified atom stereocenters. The van der Waals surface area contributed by atoms with E-state index in [1.165, 1.54) is 51.4 Å². The summed E-state index contributed by atoms with van der Waals surface area (Å²) in [6, 6.07) is 0. The predicted octanol–water partition coefficient (Wildman–Crippen LogP) is 4.31. The molecule has 0 saturated carbocycles. The van der Waals surface area contributed by atoms with Gasteiger partial charge >= 0.3 is 5.97 Å². The molecule has 0 spiro atoms. The first-order chi connectivity index (χ1) is 11.6. The monoisotopic (exact) mass is 357 g/mol. The van der Waals surface area contributed by atoms with Crippen molar-refractivity contribution in [2.45, 2.75) is 96.6 Å². The number of rotatable bonds is 15. The first-order valence-electron chi connectivity index (χ1n) is 10.0. The van der Waals surface area contributed by atoms with Gasteiger partial charge in [-0.05, 0) is 6.42 Å². The Morgan fingerprint density at radius 1 is 0.840 bits per heavy atom. The summed E-state index contributed by atoms with van der Waals surface area (Å²) in [6.45, 7) is 3.80. The molecule has 0 aromatic heterocycles. The molecule has 0 fully saturated rings. The van der Waals surface area contributed by atoms with Crippen LogP contribution in [-0.4, -0.2) is 48.3 Å². The van der Waals surface area contributed by atoms with Gasteiger partial charge in [0.25, 0.3) is 5.66 Å². The Hall–Kier alpha value is -1.10. The molecule has 2 N–H and O–H groups in total. The van der Waals surface area contributed by atoms with E-state index in [-0.39, 0.29) is 10.4 Å². The molecule has 0 aliphatic carbocycles. The Morgan fingerprint density at radius 3 is 1.60 bits per heavy atom. The molecule has 1 amide bonds. The number of carbonyl (C=O) groups is 2. The molecule has 0 aliphatic heterocycles. The van der Waals surface area contributed by atoms with Gasteiger partial charge in [-0.1, -0.05) is 71.1 Å². The lowest BCUT2D eigenvalue weighted by molar-refractivity contribution is -0.914. The average molecular weight is 358 g/mol. The van der Waals surface area contributed by atoms with E-state index in [9.17, 15) is 14.7 Å². The fourth-order valence-corrected chi connectivity index (χ4v) is 2.79. The number of nitrogens with zero attached hydrogens (tertiary/aromatic N) is 1. The van der Waals surface area contributed by atoms with Crippen LogP contribution in [0.3, 0.4) is 0 Å². The van der Waals surface area contributed by atoms with Crippen LogP contribution in [0.5, 0.6) is 0 Å². The van der Waals surface area contributed by atoms with Crippen molar-refractivity contribution in [3.63, 3.8) is 0 Å². The lowest BCUT2D eigenvalue weighted by Gasteiger charge is -2.40. The predicted molar refractivity (Wildman–Crippen MR) is 103 cm³/mol. The normalized spacial score (nSPS) is 14.1. The van der Waals surface area contributed by atoms with E-state index in [0.29, 0.717) is 6.42 Å². The highest BCUT2D eigenvalue weighted by molar-refractivity contribution is 5.85. The van der Waals surface area contributed by atoms with E-state index in [0.717, 1.165) is 19.3 Å². The number of carboxylic acids is 1. The fourth-order valence-electron chi connectivity index (χ4n) is 2.79. The molecule has 0 bridgehead atoms. The van der Waals surface area contributed by atoms with Crippen LogP contribution in [-0.2, 0) is 9.59 Å². The molecule has 1 atom stereocenters. The molecule has 5 heteroatoms. The molecule has 0 aromatic rings. The molecule has 148 valence electrons. The zero-order chi connectivity index (χ0) is 19.3. The van der Waals surface area contributed by atoms with Crippen molar-refractivity contribution in [3.8, 4) is 0 Å². The van der Waals surface area contributed by atoms with E-state index in [2.05, 4.69) is 12.2 Å². The minimum Gasteiger partial charge on any atom is -0.475 e. The molecule has 0 aliphatic rings. The van der Waals surface area contributed by atoms with E-state index >= 15 is 0 Å². The first-order valence-corrected chi connectivity index (χ1v) is 10.0. The number of amides is 1. The number of carboxylic acid groups (broad SMARTS) is 1. The van der Waals surface area contributed by atoms with Crippen molar-refractivity contribution in [2.75, 3.05) is 21.1 Å². The number of aliphatic carboxylic acids is 1. The summed E-state index contributed by atoms with van der Waals surface area (Å²) in [5.41, 5.74) is -1.30. The summed E-state index contributed by atoms with van der Waals surface area (Å²) in [6.07, 6.45) is 14.0. The van der Waals surface area contributed by atoms with Gasteiger partial charge in [-0.2, -0.15) is 0 Å². The smallest absolute Gasteiger partial charge is 0.388 e. The number of hydrogen-bond donors (Lipinski definition) is 2. The lowest BCUT2D eigenvalue weighted by Crippen LogP contribution is -2.69. The highest BCUT2D eigenvalue weighted by Gasteiger charge is 2.47. The number of nitrogens with one attached hydrogen (secondary N) is 1. The van der Waals surface area contributed by atoms with Gasteiger partial charge in [0, 0.05) is 13.3 Å². The second-order valence-corrected chi connectivity index (χ2v) is 8.22. The van der Waals surface area contributed by atoms with Crippen molar-refractivity contribution in [1.29, 1.82) is 0 Å².